The van der Waals surface area contributed by atoms with Crippen LogP contribution in [0.15, 0.2) is 23.0 Å². The topological polar surface area (TPSA) is 141 Å². The van der Waals surface area contributed by atoms with Gasteiger partial charge in [-0.25, -0.2) is 14.4 Å². The molecule has 2 atom stereocenters. The second kappa shape index (κ2) is 13.4. The number of hydrogen-bond donors (Lipinski definition) is 4. The first-order chi connectivity index (χ1) is 11.9. The predicted molar refractivity (Wildman–Crippen MR) is 96.0 cm³/mol. The van der Waals surface area contributed by atoms with Crippen molar-refractivity contribution >= 4 is 41.4 Å². The fraction of sp³-hybridized carbons (Fsp3) is 0.562. The smallest absolute Gasteiger partial charge is 0.334 e. The van der Waals surface area contributed by atoms with Gasteiger partial charge in [-0.2, -0.15) is 0 Å². The number of carboxylic acids is 3. The Kier molecular flexibility index (Phi) is 13.7. The van der Waals surface area contributed by atoms with Crippen LogP contribution in [0, 0.1) is 5.92 Å². The highest BCUT2D eigenvalue weighted by atomic mass is 35.5. The van der Waals surface area contributed by atoms with Crippen LogP contribution in [0.25, 0.3) is 0 Å². The molecule has 150 valence electrons. The molecule has 0 aliphatic carbocycles. The number of hydrogen-bond acceptors (Lipinski definition) is 5. The molecule has 0 aromatic rings. The Labute approximate surface area is 161 Å². The first-order valence-electron chi connectivity index (χ1n) is 7.64. The van der Waals surface area contributed by atoms with E-state index in [2.05, 4.69) is 4.29 Å². The molecule has 0 spiro atoms. The van der Waals surface area contributed by atoms with Gasteiger partial charge in [0.15, 0.2) is 0 Å². The van der Waals surface area contributed by atoms with Gasteiger partial charge in [-0.15, -0.1) is 11.6 Å². The first-order valence-corrected chi connectivity index (χ1v) is 8.39. The van der Waals surface area contributed by atoms with Crippen molar-refractivity contribution in [1.82, 2.24) is 0 Å². The summed E-state index contributed by atoms with van der Waals surface area (Å²) in [6.07, 6.45) is 1.13. The molecule has 10 heteroatoms. The standard InChI is InChI=1S/C10H15ClO5.C6H9ClO3/c1-4(2)6(9(13)14)7(10(15)16)8(11)5(3)12;1-2-3-5(4-10-7)6(8)9/h4-5,8,12H,1-3H3,(H,13,14)(H,15,16);4H,2-3H2,1H3,(H,8,9). The third-order valence-electron chi connectivity index (χ3n) is 3.01. The minimum absolute atomic E-state index is 0.192. The Morgan fingerprint density at radius 1 is 1.00 bits per heavy atom. The van der Waals surface area contributed by atoms with Crippen molar-refractivity contribution in [2.75, 3.05) is 0 Å². The molecule has 26 heavy (non-hydrogen) atoms. The second-order valence-electron chi connectivity index (χ2n) is 5.52. The van der Waals surface area contributed by atoms with E-state index in [1.807, 2.05) is 6.92 Å². The predicted octanol–water partition coefficient (Wildman–Crippen LogP) is 3.02. The molecule has 0 aromatic carbocycles. The average molecular weight is 415 g/mol. The maximum Gasteiger partial charge on any atom is 0.334 e. The molecule has 0 saturated heterocycles. The van der Waals surface area contributed by atoms with Gasteiger partial charge in [0, 0.05) is 0 Å². The summed E-state index contributed by atoms with van der Waals surface area (Å²) in [5, 5.41) is 34.3. The van der Waals surface area contributed by atoms with Crippen LogP contribution in [-0.4, -0.2) is 49.8 Å². The Hall–Kier alpha value is -1.77. The molecule has 0 bridgehead atoms. The van der Waals surface area contributed by atoms with Crippen molar-refractivity contribution in [1.29, 1.82) is 0 Å². The lowest BCUT2D eigenvalue weighted by Gasteiger charge is -2.18. The summed E-state index contributed by atoms with van der Waals surface area (Å²) in [4.78, 5) is 32.2. The van der Waals surface area contributed by atoms with Crippen LogP contribution >= 0.6 is 23.5 Å². The molecule has 0 rings (SSSR count). The average Bonchev–Trinajstić information content (AvgIpc) is 2.50. The van der Waals surface area contributed by atoms with E-state index < -0.39 is 40.9 Å². The Morgan fingerprint density at radius 3 is 1.69 bits per heavy atom. The molecule has 0 saturated carbocycles. The number of aliphatic hydroxyl groups is 1. The molecule has 0 amide bonds. The highest BCUT2D eigenvalue weighted by Gasteiger charge is 2.30. The SMILES string of the molecule is CC(C)C(C(=O)O)=C(C(=O)O)C(Cl)C(C)O.CCCC(=COCl)C(=O)O. The maximum absolute atomic E-state index is 11.0. The number of aliphatic hydroxyl groups excluding tert-OH is 1. The van der Waals surface area contributed by atoms with Gasteiger partial charge in [-0.05, 0) is 19.3 Å². The number of halogens is 2. The quantitative estimate of drug-likeness (QED) is 0.256. The third kappa shape index (κ3) is 9.65. The van der Waals surface area contributed by atoms with E-state index in [0.717, 1.165) is 12.7 Å². The minimum atomic E-state index is -1.42. The zero-order valence-electron chi connectivity index (χ0n) is 14.9. The summed E-state index contributed by atoms with van der Waals surface area (Å²) in [6, 6.07) is 0. The van der Waals surface area contributed by atoms with Crippen molar-refractivity contribution in [3.63, 3.8) is 0 Å². The molecule has 4 N–H and O–H groups in total. The highest BCUT2D eigenvalue weighted by Crippen LogP contribution is 2.24. The van der Waals surface area contributed by atoms with Crippen LogP contribution in [0.1, 0.15) is 40.5 Å². The van der Waals surface area contributed by atoms with Crippen molar-refractivity contribution in [3.05, 3.63) is 23.0 Å². The zero-order valence-corrected chi connectivity index (χ0v) is 16.4. The van der Waals surface area contributed by atoms with E-state index in [0.29, 0.717) is 6.42 Å². The van der Waals surface area contributed by atoms with Gasteiger partial charge in [0.25, 0.3) is 0 Å². The number of rotatable bonds is 9. The van der Waals surface area contributed by atoms with E-state index in [1.54, 1.807) is 13.8 Å². The van der Waals surface area contributed by atoms with Crippen LogP contribution in [0.5, 0.6) is 0 Å². The lowest BCUT2D eigenvalue weighted by Crippen LogP contribution is -2.28. The molecular formula is C16H24Cl2O8. The van der Waals surface area contributed by atoms with Crippen molar-refractivity contribution < 1.29 is 39.1 Å². The largest absolute Gasteiger partial charge is 0.478 e. The molecule has 0 aliphatic heterocycles. The van der Waals surface area contributed by atoms with E-state index in [9.17, 15) is 19.5 Å². The fourth-order valence-corrected chi connectivity index (χ4v) is 2.15. The molecule has 8 nitrogen and oxygen atoms in total. The van der Waals surface area contributed by atoms with Crippen LogP contribution in [0.2, 0.25) is 0 Å². The number of carboxylic acid groups (broad SMARTS) is 3. The van der Waals surface area contributed by atoms with Crippen molar-refractivity contribution in [2.45, 2.75) is 52.0 Å². The maximum atomic E-state index is 11.0. The summed E-state index contributed by atoms with van der Waals surface area (Å²) in [5.74, 6) is -4.24. The molecule has 0 heterocycles. The normalized spacial score (nSPS) is 14.5. The Balaban J connectivity index is 0. The van der Waals surface area contributed by atoms with Crippen molar-refractivity contribution in [3.8, 4) is 0 Å². The molecule has 2 unspecified atom stereocenters. The van der Waals surface area contributed by atoms with Crippen molar-refractivity contribution in [2.24, 2.45) is 5.92 Å². The molecule has 0 aromatic heterocycles. The van der Waals surface area contributed by atoms with Gasteiger partial charge in [-0.3, -0.25) is 0 Å². The second-order valence-corrected chi connectivity index (χ2v) is 6.17. The lowest BCUT2D eigenvalue weighted by atomic mass is 9.93. The number of carbonyl (C=O) groups is 3. The van der Waals surface area contributed by atoms with Gasteiger partial charge in [-0.1, -0.05) is 27.2 Å². The lowest BCUT2D eigenvalue weighted by molar-refractivity contribution is -0.136. The van der Waals surface area contributed by atoms with E-state index in [4.69, 9.17) is 38.8 Å². The Bertz CT molecular complexity index is 552. The number of aliphatic carboxylic acids is 3. The Morgan fingerprint density at radius 2 is 1.46 bits per heavy atom. The molecule has 0 aliphatic rings. The van der Waals surface area contributed by atoms with Crippen LogP contribution in [-0.2, 0) is 18.7 Å². The van der Waals surface area contributed by atoms with E-state index in [1.165, 1.54) is 6.92 Å². The monoisotopic (exact) mass is 414 g/mol. The first kappa shape index (κ1) is 26.5. The number of alkyl halides is 1. The van der Waals surface area contributed by atoms with Crippen LogP contribution < -0.4 is 0 Å². The molecule has 0 fully saturated rings. The summed E-state index contributed by atoms with van der Waals surface area (Å²) in [6.45, 7) is 6.29. The summed E-state index contributed by atoms with van der Waals surface area (Å²) >= 11 is 10.5. The van der Waals surface area contributed by atoms with Gasteiger partial charge < -0.3 is 24.7 Å². The van der Waals surface area contributed by atoms with Crippen LogP contribution in [0.3, 0.4) is 0 Å². The van der Waals surface area contributed by atoms with Crippen LogP contribution in [0.4, 0.5) is 0 Å². The summed E-state index contributed by atoms with van der Waals surface area (Å²) in [5.41, 5.74) is -0.551. The summed E-state index contributed by atoms with van der Waals surface area (Å²) in [7, 11) is 0. The third-order valence-corrected chi connectivity index (χ3v) is 3.68. The summed E-state index contributed by atoms with van der Waals surface area (Å²) < 4.78 is 4.05. The zero-order chi connectivity index (χ0) is 21.0. The molecule has 0 radical (unpaired) electrons. The minimum Gasteiger partial charge on any atom is -0.478 e. The van der Waals surface area contributed by atoms with Gasteiger partial charge in [0.2, 0.25) is 0 Å². The van der Waals surface area contributed by atoms with Gasteiger partial charge in [0.1, 0.15) is 18.1 Å². The van der Waals surface area contributed by atoms with Gasteiger partial charge in [0.05, 0.1) is 28.2 Å². The van der Waals surface area contributed by atoms with Gasteiger partial charge >= 0.3 is 17.9 Å². The fourth-order valence-electron chi connectivity index (χ4n) is 1.84. The van der Waals surface area contributed by atoms with E-state index in [-0.39, 0.29) is 11.1 Å². The van der Waals surface area contributed by atoms with E-state index >= 15 is 0 Å². The molecular weight excluding hydrogens is 391 g/mol. The highest BCUT2D eigenvalue weighted by molar-refractivity contribution is 6.26.